The average molecular weight is 437 g/mol. The van der Waals surface area contributed by atoms with E-state index in [4.69, 9.17) is 9.47 Å². The molecule has 0 aromatic heterocycles. The molecular weight excluding hydrogens is 411 g/mol. The molecule has 1 aliphatic rings. The van der Waals surface area contributed by atoms with Crippen LogP contribution < -0.4 is 9.47 Å². The molecule has 168 valence electrons. The number of methoxy groups -OCH3 is 1. The van der Waals surface area contributed by atoms with Gasteiger partial charge in [0.25, 0.3) is 0 Å². The fraction of sp³-hybridized carbons (Fsp3) is 0.435. The van der Waals surface area contributed by atoms with Crippen LogP contribution in [0.15, 0.2) is 42.5 Å². The van der Waals surface area contributed by atoms with Crippen LogP contribution in [-0.2, 0) is 11.0 Å². The highest BCUT2D eigenvalue weighted by molar-refractivity contribution is 5.73. The summed E-state index contributed by atoms with van der Waals surface area (Å²) in [7, 11) is 1.46. The maximum Gasteiger partial charge on any atom is 0.416 e. The summed E-state index contributed by atoms with van der Waals surface area (Å²) < 4.78 is 52.6. The molecule has 0 amide bonds. The van der Waals surface area contributed by atoms with E-state index in [0.29, 0.717) is 49.5 Å². The monoisotopic (exact) mass is 437 g/mol. The predicted molar refractivity (Wildman–Crippen MR) is 109 cm³/mol. The summed E-state index contributed by atoms with van der Waals surface area (Å²) in [6.45, 7) is 2.60. The summed E-state index contributed by atoms with van der Waals surface area (Å²) in [5, 5.41) is 9.79. The van der Waals surface area contributed by atoms with Crippen molar-refractivity contribution in [3.8, 4) is 11.5 Å². The Morgan fingerprint density at radius 3 is 2.58 bits per heavy atom. The zero-order valence-electron chi connectivity index (χ0n) is 17.5. The molecule has 1 N–H and O–H groups in total. The first-order chi connectivity index (χ1) is 14.8. The van der Waals surface area contributed by atoms with Crippen molar-refractivity contribution >= 4 is 5.97 Å². The van der Waals surface area contributed by atoms with Gasteiger partial charge in [-0.1, -0.05) is 30.7 Å². The fourth-order valence-corrected chi connectivity index (χ4v) is 4.20. The highest BCUT2D eigenvalue weighted by Crippen LogP contribution is 2.43. The number of hydrogen-bond acceptors (Lipinski definition) is 4. The first-order valence-electron chi connectivity index (χ1n) is 10.2. The van der Waals surface area contributed by atoms with Crippen LogP contribution in [0.2, 0.25) is 0 Å². The standard InChI is InChI=1S/C23H26F3NO4/c1-3-31-19-12-11-15(14-20(19)30-2)21(27-13-7-6-10-18(27)22(28)29)16-8-4-5-9-17(16)23(24,25)26/h4-5,8-9,11-12,14,18,21H,3,6-7,10,13H2,1-2H3,(H,28,29). The topological polar surface area (TPSA) is 59.0 Å². The number of aliphatic carboxylic acids is 1. The molecule has 1 heterocycles. The van der Waals surface area contributed by atoms with Crippen molar-refractivity contribution < 1.29 is 32.5 Å². The number of nitrogens with zero attached hydrogens (tertiary/aromatic N) is 1. The van der Waals surface area contributed by atoms with E-state index in [0.717, 1.165) is 6.07 Å². The molecule has 0 spiro atoms. The number of piperidine rings is 1. The molecule has 1 saturated heterocycles. The molecule has 0 saturated carbocycles. The minimum Gasteiger partial charge on any atom is -0.493 e. The van der Waals surface area contributed by atoms with Crippen LogP contribution in [0.1, 0.15) is 48.9 Å². The van der Waals surface area contributed by atoms with E-state index >= 15 is 0 Å². The number of carboxylic acids is 1. The molecule has 2 unspecified atom stereocenters. The van der Waals surface area contributed by atoms with Crippen LogP contribution in [0.3, 0.4) is 0 Å². The zero-order valence-corrected chi connectivity index (χ0v) is 17.5. The third kappa shape index (κ3) is 4.95. The molecule has 3 rings (SSSR count). The van der Waals surface area contributed by atoms with E-state index in [9.17, 15) is 23.1 Å². The fourth-order valence-electron chi connectivity index (χ4n) is 4.20. The van der Waals surface area contributed by atoms with E-state index in [-0.39, 0.29) is 5.56 Å². The smallest absolute Gasteiger partial charge is 0.416 e. The van der Waals surface area contributed by atoms with Gasteiger partial charge in [0.15, 0.2) is 11.5 Å². The Morgan fingerprint density at radius 1 is 1.19 bits per heavy atom. The number of hydrogen-bond donors (Lipinski definition) is 1. The van der Waals surface area contributed by atoms with Crippen molar-refractivity contribution in [1.29, 1.82) is 0 Å². The summed E-state index contributed by atoms with van der Waals surface area (Å²) in [5.74, 6) is -0.171. The number of halogens is 3. The Morgan fingerprint density at radius 2 is 1.94 bits per heavy atom. The van der Waals surface area contributed by atoms with Gasteiger partial charge < -0.3 is 14.6 Å². The predicted octanol–water partition coefficient (Wildman–Crippen LogP) is 5.14. The van der Waals surface area contributed by atoms with Crippen molar-refractivity contribution in [2.75, 3.05) is 20.3 Å². The van der Waals surface area contributed by atoms with Crippen molar-refractivity contribution in [1.82, 2.24) is 4.90 Å². The van der Waals surface area contributed by atoms with Crippen LogP contribution in [0.4, 0.5) is 13.2 Å². The van der Waals surface area contributed by atoms with E-state index in [1.54, 1.807) is 29.2 Å². The van der Waals surface area contributed by atoms with Gasteiger partial charge in [0.05, 0.1) is 25.3 Å². The number of carboxylic acid groups (broad SMARTS) is 1. The Hall–Kier alpha value is -2.74. The molecule has 1 fully saturated rings. The van der Waals surface area contributed by atoms with Gasteiger partial charge in [-0.25, -0.2) is 0 Å². The molecule has 1 aliphatic heterocycles. The van der Waals surface area contributed by atoms with Crippen LogP contribution in [-0.4, -0.2) is 42.3 Å². The molecule has 0 radical (unpaired) electrons. The van der Waals surface area contributed by atoms with Crippen LogP contribution in [0.25, 0.3) is 0 Å². The lowest BCUT2D eigenvalue weighted by Gasteiger charge is -2.40. The Kier molecular flexibility index (Phi) is 7.10. The molecule has 2 atom stereocenters. The third-order valence-corrected chi connectivity index (χ3v) is 5.52. The second-order valence-electron chi connectivity index (χ2n) is 7.42. The van der Waals surface area contributed by atoms with Crippen molar-refractivity contribution in [3.05, 3.63) is 59.2 Å². The minimum atomic E-state index is -4.57. The van der Waals surface area contributed by atoms with Crippen molar-refractivity contribution in [2.24, 2.45) is 0 Å². The quantitative estimate of drug-likeness (QED) is 0.650. The maximum absolute atomic E-state index is 13.9. The lowest BCUT2D eigenvalue weighted by atomic mass is 9.89. The molecule has 2 aromatic rings. The van der Waals surface area contributed by atoms with Gasteiger partial charge >= 0.3 is 12.1 Å². The second-order valence-corrected chi connectivity index (χ2v) is 7.42. The lowest BCUT2D eigenvalue weighted by Crippen LogP contribution is -2.47. The second kappa shape index (κ2) is 9.60. The minimum absolute atomic E-state index is 0.0226. The van der Waals surface area contributed by atoms with Gasteiger partial charge in [0.1, 0.15) is 6.04 Å². The van der Waals surface area contributed by atoms with Crippen molar-refractivity contribution in [3.63, 3.8) is 0 Å². The summed E-state index contributed by atoms with van der Waals surface area (Å²) in [6.07, 6.45) is -2.76. The normalized spacial score (nSPS) is 18.4. The Balaban J connectivity index is 2.20. The van der Waals surface area contributed by atoms with Gasteiger partial charge in [-0.2, -0.15) is 13.2 Å². The van der Waals surface area contributed by atoms with Gasteiger partial charge in [0, 0.05) is 0 Å². The van der Waals surface area contributed by atoms with E-state index < -0.39 is 29.8 Å². The molecule has 31 heavy (non-hydrogen) atoms. The summed E-state index contributed by atoms with van der Waals surface area (Å²) in [5.41, 5.74) is -0.234. The van der Waals surface area contributed by atoms with E-state index in [1.165, 1.54) is 19.2 Å². The van der Waals surface area contributed by atoms with Gasteiger partial charge in [-0.3, -0.25) is 9.69 Å². The van der Waals surface area contributed by atoms with Gasteiger partial charge in [0.2, 0.25) is 0 Å². The number of rotatable bonds is 7. The largest absolute Gasteiger partial charge is 0.493 e. The van der Waals surface area contributed by atoms with Gasteiger partial charge in [-0.05, 0) is 55.6 Å². The highest BCUT2D eigenvalue weighted by atomic mass is 19.4. The molecule has 2 aromatic carbocycles. The first-order valence-corrected chi connectivity index (χ1v) is 10.2. The number of benzene rings is 2. The molecule has 0 bridgehead atoms. The van der Waals surface area contributed by atoms with Crippen LogP contribution in [0.5, 0.6) is 11.5 Å². The number of alkyl halides is 3. The molecule has 0 aliphatic carbocycles. The lowest BCUT2D eigenvalue weighted by molar-refractivity contribution is -0.145. The Labute approximate surface area is 179 Å². The Bertz CT molecular complexity index is 916. The van der Waals surface area contributed by atoms with Crippen LogP contribution in [0, 0.1) is 0 Å². The number of likely N-dealkylation sites (tertiary alicyclic amines) is 1. The summed E-state index contributed by atoms with van der Waals surface area (Å²) in [4.78, 5) is 13.6. The SMILES string of the molecule is CCOc1ccc(C(c2ccccc2C(F)(F)F)N2CCCCC2C(=O)O)cc1OC. The molecule has 5 nitrogen and oxygen atoms in total. The summed E-state index contributed by atoms with van der Waals surface area (Å²) in [6, 6.07) is 8.53. The molecular formula is C23H26F3NO4. The highest BCUT2D eigenvalue weighted by Gasteiger charge is 2.40. The first kappa shape index (κ1) is 22.9. The van der Waals surface area contributed by atoms with E-state index in [2.05, 4.69) is 0 Å². The molecule has 8 heteroatoms. The number of carbonyl (C=O) groups is 1. The van der Waals surface area contributed by atoms with E-state index in [1.807, 2.05) is 6.92 Å². The third-order valence-electron chi connectivity index (χ3n) is 5.52. The average Bonchev–Trinajstić information content (AvgIpc) is 2.75. The van der Waals surface area contributed by atoms with Crippen LogP contribution >= 0.6 is 0 Å². The maximum atomic E-state index is 13.9. The van der Waals surface area contributed by atoms with Crippen molar-refractivity contribution in [2.45, 2.75) is 44.4 Å². The zero-order chi connectivity index (χ0) is 22.6. The number of ether oxygens (including phenoxy) is 2. The summed E-state index contributed by atoms with van der Waals surface area (Å²) >= 11 is 0. The van der Waals surface area contributed by atoms with Gasteiger partial charge in [-0.15, -0.1) is 0 Å².